The summed E-state index contributed by atoms with van der Waals surface area (Å²) < 4.78 is 0.858. The Morgan fingerprint density at radius 3 is 2.77 bits per heavy atom. The summed E-state index contributed by atoms with van der Waals surface area (Å²) in [6, 6.07) is 4.31. The van der Waals surface area contributed by atoms with Gasteiger partial charge in [-0.05, 0) is 19.2 Å². The van der Waals surface area contributed by atoms with Gasteiger partial charge in [0, 0.05) is 29.9 Å². The van der Waals surface area contributed by atoms with E-state index >= 15 is 0 Å². The number of halogens is 1. The zero-order valence-electron chi connectivity index (χ0n) is 7.53. The van der Waals surface area contributed by atoms with Crippen molar-refractivity contribution in [2.24, 2.45) is 5.73 Å². The highest BCUT2D eigenvalue weighted by Crippen LogP contribution is 2.32. The normalized spacial score (nSPS) is 29.8. The average Bonchev–Trinajstić information content (AvgIpc) is 2.58. The van der Waals surface area contributed by atoms with Gasteiger partial charge in [-0.15, -0.1) is 11.3 Å². The molecule has 1 aromatic rings. The first-order chi connectivity index (χ1) is 6.16. The van der Waals surface area contributed by atoms with Gasteiger partial charge < -0.3 is 10.6 Å². The third kappa shape index (κ3) is 1.89. The molecule has 0 aliphatic carbocycles. The van der Waals surface area contributed by atoms with E-state index in [0.717, 1.165) is 17.4 Å². The first kappa shape index (κ1) is 9.46. The van der Waals surface area contributed by atoms with E-state index in [1.165, 1.54) is 4.88 Å². The number of hydrogen-bond acceptors (Lipinski definition) is 3. The quantitative estimate of drug-likeness (QED) is 0.775. The highest BCUT2D eigenvalue weighted by molar-refractivity contribution is 7.16. The van der Waals surface area contributed by atoms with Crippen LogP contribution >= 0.6 is 22.9 Å². The van der Waals surface area contributed by atoms with Crippen LogP contribution in [0.25, 0.3) is 0 Å². The van der Waals surface area contributed by atoms with Crippen molar-refractivity contribution in [1.29, 1.82) is 0 Å². The van der Waals surface area contributed by atoms with Gasteiger partial charge in [-0.2, -0.15) is 0 Å². The molecule has 2 atom stereocenters. The molecule has 0 bridgehead atoms. The highest BCUT2D eigenvalue weighted by Gasteiger charge is 2.29. The van der Waals surface area contributed by atoms with Gasteiger partial charge in [0.05, 0.1) is 4.34 Å². The standard InChI is InChI=1S/C9H13ClN2S/c1-12-4-6(7(11)5-12)8-2-3-9(10)13-8/h2-3,6-7H,4-5,11H2,1H3. The van der Waals surface area contributed by atoms with Crippen LogP contribution in [0.3, 0.4) is 0 Å². The van der Waals surface area contributed by atoms with E-state index in [2.05, 4.69) is 18.0 Å². The van der Waals surface area contributed by atoms with Crippen molar-refractivity contribution in [1.82, 2.24) is 4.90 Å². The fourth-order valence-corrected chi connectivity index (χ4v) is 3.09. The van der Waals surface area contributed by atoms with E-state index in [9.17, 15) is 0 Å². The second-order valence-corrected chi connectivity index (χ2v) is 5.38. The Bertz CT molecular complexity index is 300. The Morgan fingerprint density at radius 1 is 1.54 bits per heavy atom. The summed E-state index contributed by atoms with van der Waals surface area (Å²) in [5, 5.41) is 0. The molecule has 0 amide bonds. The van der Waals surface area contributed by atoms with Crippen molar-refractivity contribution in [2.75, 3.05) is 20.1 Å². The lowest BCUT2D eigenvalue weighted by Crippen LogP contribution is -2.27. The number of hydrogen-bond donors (Lipinski definition) is 1. The van der Waals surface area contributed by atoms with Crippen LogP contribution in [-0.2, 0) is 0 Å². The van der Waals surface area contributed by atoms with Crippen molar-refractivity contribution in [2.45, 2.75) is 12.0 Å². The Balaban J connectivity index is 2.17. The van der Waals surface area contributed by atoms with E-state index in [1.807, 2.05) is 6.07 Å². The zero-order valence-corrected chi connectivity index (χ0v) is 9.11. The van der Waals surface area contributed by atoms with Crippen molar-refractivity contribution >= 4 is 22.9 Å². The molecule has 1 aromatic heterocycles. The number of nitrogens with two attached hydrogens (primary N) is 1. The molecule has 2 rings (SSSR count). The van der Waals surface area contributed by atoms with Gasteiger partial charge in [0.1, 0.15) is 0 Å². The van der Waals surface area contributed by atoms with Gasteiger partial charge >= 0.3 is 0 Å². The maximum Gasteiger partial charge on any atom is 0.0931 e. The molecule has 0 radical (unpaired) electrons. The van der Waals surface area contributed by atoms with Crippen molar-refractivity contribution in [3.05, 3.63) is 21.3 Å². The van der Waals surface area contributed by atoms with Crippen LogP contribution in [0.15, 0.2) is 12.1 Å². The van der Waals surface area contributed by atoms with Crippen LogP contribution in [0.5, 0.6) is 0 Å². The molecule has 1 aliphatic heterocycles. The summed E-state index contributed by atoms with van der Waals surface area (Å²) in [5.41, 5.74) is 6.03. The van der Waals surface area contributed by atoms with Gasteiger partial charge in [0.2, 0.25) is 0 Å². The predicted octanol–water partition coefficient (Wildman–Crippen LogP) is 1.76. The molecule has 1 saturated heterocycles. The number of thiophene rings is 1. The van der Waals surface area contributed by atoms with Gasteiger partial charge in [-0.3, -0.25) is 0 Å². The minimum absolute atomic E-state index is 0.264. The minimum atomic E-state index is 0.264. The first-order valence-corrected chi connectivity index (χ1v) is 5.55. The van der Waals surface area contributed by atoms with Crippen LogP contribution in [0, 0.1) is 0 Å². The summed E-state index contributed by atoms with van der Waals surface area (Å²) in [6.07, 6.45) is 0. The maximum absolute atomic E-state index is 6.03. The smallest absolute Gasteiger partial charge is 0.0931 e. The third-order valence-electron chi connectivity index (χ3n) is 2.51. The molecule has 2 unspecified atom stereocenters. The zero-order chi connectivity index (χ0) is 9.42. The lowest BCUT2D eigenvalue weighted by atomic mass is 10.0. The molecule has 0 spiro atoms. The lowest BCUT2D eigenvalue weighted by molar-refractivity contribution is 0.408. The molecule has 2 nitrogen and oxygen atoms in total. The number of rotatable bonds is 1. The second kappa shape index (κ2) is 3.58. The van der Waals surface area contributed by atoms with Crippen molar-refractivity contribution in [3.63, 3.8) is 0 Å². The molecule has 4 heteroatoms. The number of nitrogens with zero attached hydrogens (tertiary/aromatic N) is 1. The Kier molecular flexibility index (Phi) is 2.60. The minimum Gasteiger partial charge on any atom is -0.326 e. The van der Waals surface area contributed by atoms with Gasteiger partial charge in [-0.25, -0.2) is 0 Å². The molecule has 1 aliphatic rings. The van der Waals surface area contributed by atoms with Gasteiger partial charge in [0.15, 0.2) is 0 Å². The summed E-state index contributed by atoms with van der Waals surface area (Å²) in [4.78, 5) is 3.59. The lowest BCUT2D eigenvalue weighted by Gasteiger charge is -2.10. The van der Waals surface area contributed by atoms with Crippen molar-refractivity contribution in [3.8, 4) is 0 Å². The predicted molar refractivity (Wildman–Crippen MR) is 57.5 cm³/mol. The number of likely N-dealkylation sites (tertiary alicyclic amines) is 1. The van der Waals surface area contributed by atoms with Crippen molar-refractivity contribution < 1.29 is 0 Å². The van der Waals surface area contributed by atoms with E-state index in [0.29, 0.717) is 5.92 Å². The monoisotopic (exact) mass is 216 g/mol. The van der Waals surface area contributed by atoms with E-state index in [4.69, 9.17) is 17.3 Å². The Hall–Kier alpha value is -0.0900. The summed E-state index contributed by atoms with van der Waals surface area (Å²) in [6.45, 7) is 2.04. The van der Waals surface area contributed by atoms with E-state index in [-0.39, 0.29) is 6.04 Å². The van der Waals surface area contributed by atoms with Crippen LogP contribution in [0.4, 0.5) is 0 Å². The molecule has 2 heterocycles. The molecule has 13 heavy (non-hydrogen) atoms. The molecule has 0 saturated carbocycles. The maximum atomic E-state index is 6.03. The average molecular weight is 217 g/mol. The third-order valence-corrected chi connectivity index (χ3v) is 3.87. The van der Waals surface area contributed by atoms with Crippen LogP contribution < -0.4 is 5.73 Å². The molecule has 0 aromatic carbocycles. The van der Waals surface area contributed by atoms with E-state index in [1.54, 1.807) is 11.3 Å². The number of likely N-dealkylation sites (N-methyl/N-ethyl adjacent to an activating group) is 1. The van der Waals surface area contributed by atoms with E-state index < -0.39 is 0 Å². The van der Waals surface area contributed by atoms with Crippen LogP contribution in [0.1, 0.15) is 10.8 Å². The second-order valence-electron chi connectivity index (χ2n) is 3.63. The largest absolute Gasteiger partial charge is 0.326 e. The fraction of sp³-hybridized carbons (Fsp3) is 0.556. The SMILES string of the molecule is CN1CC(N)C(c2ccc(Cl)s2)C1. The first-order valence-electron chi connectivity index (χ1n) is 4.36. The summed E-state index contributed by atoms with van der Waals surface area (Å²) in [5.74, 6) is 0.475. The van der Waals surface area contributed by atoms with Gasteiger partial charge in [-0.1, -0.05) is 11.6 Å². The van der Waals surface area contributed by atoms with Gasteiger partial charge in [0.25, 0.3) is 0 Å². The van der Waals surface area contributed by atoms with Crippen LogP contribution in [0.2, 0.25) is 4.34 Å². The van der Waals surface area contributed by atoms with Crippen LogP contribution in [-0.4, -0.2) is 31.1 Å². The highest BCUT2D eigenvalue weighted by atomic mass is 35.5. The topological polar surface area (TPSA) is 29.3 Å². The molecular weight excluding hydrogens is 204 g/mol. The molecule has 2 N–H and O–H groups in total. The Morgan fingerprint density at radius 2 is 2.31 bits per heavy atom. The molecule has 1 fully saturated rings. The molecule has 72 valence electrons. The summed E-state index contributed by atoms with van der Waals surface area (Å²) in [7, 11) is 2.11. The fourth-order valence-electron chi connectivity index (χ4n) is 1.86. The molecular formula is C9H13ClN2S. The summed E-state index contributed by atoms with van der Waals surface area (Å²) >= 11 is 7.54. The Labute approximate surface area is 87.3 Å².